The van der Waals surface area contributed by atoms with Crippen LogP contribution in [0.2, 0.25) is 0 Å². The van der Waals surface area contributed by atoms with E-state index < -0.39 is 16.8 Å². The summed E-state index contributed by atoms with van der Waals surface area (Å²) in [6, 6.07) is 0. The van der Waals surface area contributed by atoms with E-state index in [1.807, 2.05) is 6.92 Å². The molecule has 0 bridgehead atoms. The van der Waals surface area contributed by atoms with Crippen LogP contribution in [0.25, 0.3) is 0 Å². The largest absolute Gasteiger partial charge is 0.549 e. The van der Waals surface area contributed by atoms with Crippen LogP contribution in [-0.4, -0.2) is 10.8 Å². The molecule has 0 aromatic rings. The van der Waals surface area contributed by atoms with Crippen molar-refractivity contribution in [2.75, 3.05) is 0 Å². The minimum atomic E-state index is -1.12. The number of allylic oxidation sites excluding steroid dienone is 3. The monoisotopic (exact) mass is 185 g/mol. The molecule has 2 nitrogen and oxygen atoms in total. The molecule has 0 aromatic heterocycles. The molecular weight excluding hydrogens is 176 g/mol. The number of hydrogen-bond acceptors (Lipinski definition) is 2. The van der Waals surface area contributed by atoms with E-state index in [-0.39, 0.29) is 0 Å². The van der Waals surface area contributed by atoms with Crippen molar-refractivity contribution < 1.29 is 9.90 Å². The third-order valence-electron chi connectivity index (χ3n) is 2.10. The Labute approximate surface area is 76.5 Å². The normalized spacial score (nSPS) is 33.7. The van der Waals surface area contributed by atoms with Gasteiger partial charge in [0.05, 0.1) is 10.8 Å². The number of hydrogen-bond donors (Lipinski definition) is 0. The van der Waals surface area contributed by atoms with Crippen LogP contribution in [0.15, 0.2) is 24.3 Å². The number of carbonyl (C=O) groups excluding carboxylic acids is 1. The lowest BCUT2D eigenvalue weighted by molar-refractivity contribution is -0.310. The third-order valence-corrected chi connectivity index (χ3v) is 2.73. The Kier molecular flexibility index (Phi) is 2.58. The van der Waals surface area contributed by atoms with Crippen molar-refractivity contribution in [1.82, 2.24) is 0 Å². The van der Waals surface area contributed by atoms with Gasteiger partial charge in [-0.25, -0.2) is 0 Å². The highest BCUT2D eigenvalue weighted by atomic mass is 35.5. The van der Waals surface area contributed by atoms with Gasteiger partial charge in [-0.2, -0.15) is 0 Å². The molecular formula is C9H10ClO2-. The summed E-state index contributed by atoms with van der Waals surface area (Å²) in [6.45, 7) is 1.85. The van der Waals surface area contributed by atoms with E-state index >= 15 is 0 Å². The first-order valence-electron chi connectivity index (χ1n) is 3.86. The molecule has 66 valence electrons. The Balaban J connectivity index is 2.92. The van der Waals surface area contributed by atoms with E-state index in [1.165, 1.54) is 0 Å². The number of aliphatic carboxylic acids is 1. The summed E-state index contributed by atoms with van der Waals surface area (Å²) in [6.07, 6.45) is 7.28. The Morgan fingerprint density at radius 3 is 2.75 bits per heavy atom. The first kappa shape index (κ1) is 9.33. The maximum Gasteiger partial charge on any atom is 0.0741 e. The van der Waals surface area contributed by atoms with E-state index in [0.29, 0.717) is 6.42 Å². The van der Waals surface area contributed by atoms with Crippen LogP contribution < -0.4 is 5.11 Å². The van der Waals surface area contributed by atoms with E-state index in [4.69, 9.17) is 11.6 Å². The van der Waals surface area contributed by atoms with E-state index in [9.17, 15) is 9.90 Å². The molecule has 0 radical (unpaired) electrons. The van der Waals surface area contributed by atoms with Crippen molar-refractivity contribution >= 4 is 17.6 Å². The van der Waals surface area contributed by atoms with Crippen molar-refractivity contribution in [3.63, 3.8) is 0 Å². The quantitative estimate of drug-likeness (QED) is 0.599. The summed E-state index contributed by atoms with van der Waals surface area (Å²) in [5.74, 6) is -1.83. The van der Waals surface area contributed by atoms with Crippen LogP contribution in [0.1, 0.15) is 13.3 Å². The maximum absolute atomic E-state index is 10.6. The first-order chi connectivity index (χ1) is 5.60. The van der Waals surface area contributed by atoms with Crippen LogP contribution in [0.3, 0.4) is 0 Å². The number of rotatable bonds is 2. The second kappa shape index (κ2) is 3.31. The minimum Gasteiger partial charge on any atom is -0.549 e. The lowest BCUT2D eigenvalue weighted by Gasteiger charge is -2.32. The number of carboxylic acid groups (broad SMARTS) is 1. The van der Waals surface area contributed by atoms with Gasteiger partial charge in [-0.1, -0.05) is 31.2 Å². The van der Waals surface area contributed by atoms with Gasteiger partial charge in [0.2, 0.25) is 0 Å². The molecule has 0 saturated heterocycles. The SMILES string of the molecule is CCC1(Cl)C=CC=CC1C(=O)[O-]. The Morgan fingerprint density at radius 1 is 1.67 bits per heavy atom. The molecule has 0 amide bonds. The summed E-state index contributed by atoms with van der Waals surface area (Å²) in [4.78, 5) is 9.85. The third kappa shape index (κ3) is 1.53. The molecule has 1 aliphatic rings. The van der Waals surface area contributed by atoms with Gasteiger partial charge in [-0.3, -0.25) is 0 Å². The molecule has 0 heterocycles. The van der Waals surface area contributed by atoms with Crippen LogP contribution in [0.4, 0.5) is 0 Å². The summed E-state index contributed by atoms with van der Waals surface area (Å²) < 4.78 is 0. The molecule has 2 atom stereocenters. The minimum absolute atomic E-state index is 0.577. The summed E-state index contributed by atoms with van der Waals surface area (Å²) >= 11 is 6.06. The molecule has 0 aromatic carbocycles. The maximum atomic E-state index is 10.6. The molecule has 12 heavy (non-hydrogen) atoms. The van der Waals surface area contributed by atoms with Crippen LogP contribution >= 0.6 is 11.6 Å². The van der Waals surface area contributed by atoms with Crippen molar-refractivity contribution in [2.45, 2.75) is 18.2 Å². The van der Waals surface area contributed by atoms with Crippen LogP contribution in [-0.2, 0) is 4.79 Å². The molecule has 0 saturated carbocycles. The predicted molar refractivity (Wildman–Crippen MR) is 45.7 cm³/mol. The summed E-state index contributed by atoms with van der Waals surface area (Å²) in [7, 11) is 0. The van der Waals surface area contributed by atoms with Crippen molar-refractivity contribution in [3.8, 4) is 0 Å². The van der Waals surface area contributed by atoms with Gasteiger partial charge >= 0.3 is 0 Å². The zero-order valence-electron chi connectivity index (χ0n) is 6.79. The topological polar surface area (TPSA) is 40.1 Å². The van der Waals surface area contributed by atoms with Crippen molar-refractivity contribution in [1.29, 1.82) is 0 Å². The molecule has 0 aliphatic heterocycles. The Morgan fingerprint density at radius 2 is 2.33 bits per heavy atom. The Hall–Kier alpha value is -0.760. The highest BCUT2D eigenvalue weighted by Crippen LogP contribution is 2.34. The predicted octanol–water partition coefficient (Wildman–Crippen LogP) is 0.866. The second-order valence-electron chi connectivity index (χ2n) is 2.82. The number of alkyl halides is 1. The highest BCUT2D eigenvalue weighted by Gasteiger charge is 2.32. The summed E-state index contributed by atoms with van der Waals surface area (Å²) in [5.41, 5.74) is 0. The van der Waals surface area contributed by atoms with E-state index in [2.05, 4.69) is 0 Å². The molecule has 0 fully saturated rings. The highest BCUT2D eigenvalue weighted by molar-refractivity contribution is 6.27. The fourth-order valence-electron chi connectivity index (χ4n) is 1.27. The lowest BCUT2D eigenvalue weighted by atomic mass is 9.86. The van der Waals surface area contributed by atoms with E-state index in [0.717, 1.165) is 0 Å². The average molecular weight is 186 g/mol. The molecule has 0 spiro atoms. The summed E-state index contributed by atoms with van der Waals surface area (Å²) in [5, 5.41) is 10.6. The first-order valence-corrected chi connectivity index (χ1v) is 4.24. The standard InChI is InChI=1S/C9H11ClO2/c1-2-9(10)6-4-3-5-7(9)8(11)12/h3-7H,2H2,1H3,(H,11,12)/p-1. The molecule has 1 aliphatic carbocycles. The van der Waals surface area contributed by atoms with Crippen LogP contribution in [0, 0.1) is 5.92 Å². The number of carboxylic acids is 1. The van der Waals surface area contributed by atoms with Gasteiger partial charge in [0.15, 0.2) is 0 Å². The molecule has 2 unspecified atom stereocenters. The van der Waals surface area contributed by atoms with Gasteiger partial charge in [-0.05, 0) is 6.42 Å². The average Bonchev–Trinajstić information content (AvgIpc) is 2.05. The van der Waals surface area contributed by atoms with E-state index in [1.54, 1.807) is 24.3 Å². The zero-order chi connectivity index (χ0) is 9.19. The zero-order valence-corrected chi connectivity index (χ0v) is 7.54. The van der Waals surface area contributed by atoms with Crippen molar-refractivity contribution in [3.05, 3.63) is 24.3 Å². The lowest BCUT2D eigenvalue weighted by Crippen LogP contribution is -2.42. The number of halogens is 1. The fraction of sp³-hybridized carbons (Fsp3) is 0.444. The van der Waals surface area contributed by atoms with Gasteiger partial charge in [0, 0.05) is 5.92 Å². The van der Waals surface area contributed by atoms with Gasteiger partial charge in [0.1, 0.15) is 0 Å². The van der Waals surface area contributed by atoms with Crippen LogP contribution in [0.5, 0.6) is 0 Å². The molecule has 1 rings (SSSR count). The second-order valence-corrected chi connectivity index (χ2v) is 3.52. The Bertz CT molecular complexity index is 245. The smallest absolute Gasteiger partial charge is 0.0741 e. The van der Waals surface area contributed by atoms with Crippen molar-refractivity contribution in [2.24, 2.45) is 5.92 Å². The molecule has 3 heteroatoms. The number of carbonyl (C=O) groups is 1. The van der Waals surface area contributed by atoms with Gasteiger partial charge in [-0.15, -0.1) is 11.6 Å². The molecule has 0 N–H and O–H groups in total. The fourth-order valence-corrected chi connectivity index (χ4v) is 1.50. The van der Waals surface area contributed by atoms with Gasteiger partial charge < -0.3 is 9.90 Å². The van der Waals surface area contributed by atoms with Gasteiger partial charge in [0.25, 0.3) is 0 Å².